The van der Waals surface area contributed by atoms with Gasteiger partial charge in [-0.15, -0.1) is 5.10 Å². The lowest BCUT2D eigenvalue weighted by Gasteiger charge is -1.97. The Balaban J connectivity index is 1.61. The molecule has 0 bridgehead atoms. The van der Waals surface area contributed by atoms with Crippen molar-refractivity contribution in [3.05, 3.63) is 34.5 Å². The van der Waals surface area contributed by atoms with Crippen LogP contribution in [0.4, 0.5) is 0 Å². The molecule has 7 nitrogen and oxygen atoms in total. The third kappa shape index (κ3) is 3.53. The number of nitrogens with one attached hydrogen (secondary N) is 1. The van der Waals surface area contributed by atoms with E-state index in [0.717, 1.165) is 30.8 Å². The molecular weight excluding hydrogens is 288 g/mol. The molecule has 0 aromatic carbocycles. The fourth-order valence-electron chi connectivity index (χ4n) is 1.86. The first kappa shape index (κ1) is 13.9. The Kier molecular flexibility index (Phi) is 4.37. The van der Waals surface area contributed by atoms with Gasteiger partial charge in [0.15, 0.2) is 5.82 Å². The van der Waals surface area contributed by atoms with Crippen LogP contribution in [-0.2, 0) is 13.1 Å². The van der Waals surface area contributed by atoms with E-state index >= 15 is 0 Å². The quantitative estimate of drug-likeness (QED) is 0.672. The highest BCUT2D eigenvalue weighted by molar-refractivity contribution is 7.08. The summed E-state index contributed by atoms with van der Waals surface area (Å²) >= 11 is 1.60. The van der Waals surface area contributed by atoms with E-state index < -0.39 is 0 Å². The second-order valence-electron chi connectivity index (χ2n) is 4.61. The van der Waals surface area contributed by atoms with Crippen LogP contribution in [0.5, 0.6) is 0 Å². The van der Waals surface area contributed by atoms with Crippen LogP contribution in [0.2, 0.25) is 0 Å². The third-order valence-corrected chi connectivity index (χ3v) is 3.54. The zero-order valence-electron chi connectivity index (χ0n) is 11.7. The first-order valence-corrected chi connectivity index (χ1v) is 7.74. The van der Waals surface area contributed by atoms with Crippen molar-refractivity contribution in [1.82, 2.24) is 30.5 Å². The summed E-state index contributed by atoms with van der Waals surface area (Å²) in [7, 11) is 0. The van der Waals surface area contributed by atoms with Crippen LogP contribution in [0.3, 0.4) is 0 Å². The number of rotatable bonds is 7. The van der Waals surface area contributed by atoms with E-state index in [4.69, 9.17) is 4.52 Å². The standard InChI is InChI=1S/C13H16N6OS/c1-2-4-14-6-11-7-19(18-16-11)8-12-15-13(20-17-12)10-3-5-21-9-10/h3,5,7,9,14H,2,4,6,8H2,1H3. The van der Waals surface area contributed by atoms with Crippen molar-refractivity contribution in [3.8, 4) is 11.5 Å². The molecule has 3 heterocycles. The third-order valence-electron chi connectivity index (χ3n) is 2.86. The first-order chi connectivity index (χ1) is 10.3. The average Bonchev–Trinajstić information content (AvgIpc) is 3.20. The van der Waals surface area contributed by atoms with Gasteiger partial charge in [-0.05, 0) is 24.4 Å². The van der Waals surface area contributed by atoms with Crippen LogP contribution in [0, 0.1) is 0 Å². The molecule has 0 fully saturated rings. The van der Waals surface area contributed by atoms with Gasteiger partial charge in [0.25, 0.3) is 5.89 Å². The predicted molar refractivity (Wildman–Crippen MR) is 78.7 cm³/mol. The molecule has 0 atom stereocenters. The van der Waals surface area contributed by atoms with Gasteiger partial charge in [0.2, 0.25) is 0 Å². The Morgan fingerprint density at radius 3 is 3.19 bits per heavy atom. The molecule has 21 heavy (non-hydrogen) atoms. The Morgan fingerprint density at radius 1 is 1.43 bits per heavy atom. The molecule has 3 aromatic rings. The highest BCUT2D eigenvalue weighted by Crippen LogP contribution is 2.19. The fraction of sp³-hybridized carbons (Fsp3) is 0.385. The molecule has 0 aliphatic heterocycles. The van der Waals surface area contributed by atoms with Gasteiger partial charge in [0.1, 0.15) is 6.54 Å². The van der Waals surface area contributed by atoms with Crippen molar-refractivity contribution in [1.29, 1.82) is 0 Å². The van der Waals surface area contributed by atoms with Crippen LogP contribution in [0.25, 0.3) is 11.5 Å². The second-order valence-corrected chi connectivity index (χ2v) is 5.39. The molecule has 0 spiro atoms. The van der Waals surface area contributed by atoms with Gasteiger partial charge in [-0.1, -0.05) is 17.3 Å². The Hall–Kier alpha value is -2.06. The zero-order valence-corrected chi connectivity index (χ0v) is 12.5. The van der Waals surface area contributed by atoms with Crippen LogP contribution < -0.4 is 5.32 Å². The van der Waals surface area contributed by atoms with Crippen molar-refractivity contribution in [3.63, 3.8) is 0 Å². The van der Waals surface area contributed by atoms with Gasteiger partial charge in [-0.2, -0.15) is 16.3 Å². The molecule has 3 aromatic heterocycles. The predicted octanol–water partition coefficient (Wildman–Crippen LogP) is 1.94. The Labute approximate surface area is 126 Å². The lowest BCUT2D eigenvalue weighted by atomic mass is 10.3. The van der Waals surface area contributed by atoms with E-state index in [1.165, 1.54) is 0 Å². The summed E-state index contributed by atoms with van der Waals surface area (Å²) in [5.41, 5.74) is 1.85. The van der Waals surface area contributed by atoms with E-state index in [0.29, 0.717) is 18.3 Å². The molecule has 0 saturated carbocycles. The molecule has 1 N–H and O–H groups in total. The largest absolute Gasteiger partial charge is 0.334 e. The molecule has 110 valence electrons. The zero-order chi connectivity index (χ0) is 14.5. The number of hydrogen-bond donors (Lipinski definition) is 1. The minimum Gasteiger partial charge on any atom is -0.334 e. The smallest absolute Gasteiger partial charge is 0.258 e. The minimum atomic E-state index is 0.453. The summed E-state index contributed by atoms with van der Waals surface area (Å²) < 4.78 is 6.95. The molecule has 3 rings (SSSR count). The maximum absolute atomic E-state index is 5.24. The van der Waals surface area contributed by atoms with E-state index in [1.54, 1.807) is 16.0 Å². The van der Waals surface area contributed by atoms with Crippen molar-refractivity contribution in [2.75, 3.05) is 6.54 Å². The van der Waals surface area contributed by atoms with Gasteiger partial charge >= 0.3 is 0 Å². The maximum atomic E-state index is 5.24. The molecule has 0 radical (unpaired) electrons. The average molecular weight is 304 g/mol. The minimum absolute atomic E-state index is 0.453. The summed E-state index contributed by atoms with van der Waals surface area (Å²) in [6, 6.07) is 1.95. The molecule has 0 unspecified atom stereocenters. The van der Waals surface area contributed by atoms with Crippen molar-refractivity contribution < 1.29 is 4.52 Å². The summed E-state index contributed by atoms with van der Waals surface area (Å²) in [4.78, 5) is 4.36. The Morgan fingerprint density at radius 2 is 2.38 bits per heavy atom. The molecule has 8 heteroatoms. The van der Waals surface area contributed by atoms with E-state index in [-0.39, 0.29) is 0 Å². The summed E-state index contributed by atoms with van der Waals surface area (Å²) in [5.74, 6) is 1.13. The normalized spacial score (nSPS) is 11.1. The van der Waals surface area contributed by atoms with Gasteiger partial charge in [0.05, 0.1) is 17.5 Å². The molecule has 0 aliphatic rings. The van der Waals surface area contributed by atoms with Gasteiger partial charge in [0, 0.05) is 11.9 Å². The monoisotopic (exact) mass is 304 g/mol. The van der Waals surface area contributed by atoms with Crippen LogP contribution in [0.1, 0.15) is 24.9 Å². The van der Waals surface area contributed by atoms with E-state index in [2.05, 4.69) is 32.7 Å². The SMILES string of the molecule is CCCNCc1cn(Cc2noc(-c3ccsc3)n2)nn1. The number of thiophene rings is 1. The van der Waals surface area contributed by atoms with Crippen LogP contribution >= 0.6 is 11.3 Å². The van der Waals surface area contributed by atoms with E-state index in [1.807, 2.05) is 23.0 Å². The molecular formula is C13H16N6OS. The Bertz CT molecular complexity index is 674. The van der Waals surface area contributed by atoms with Gasteiger partial charge in [-0.25, -0.2) is 4.68 Å². The number of nitrogens with zero attached hydrogens (tertiary/aromatic N) is 5. The lowest BCUT2D eigenvalue weighted by Crippen LogP contribution is -2.13. The van der Waals surface area contributed by atoms with E-state index in [9.17, 15) is 0 Å². The number of hydrogen-bond acceptors (Lipinski definition) is 7. The highest BCUT2D eigenvalue weighted by Gasteiger charge is 2.10. The topological polar surface area (TPSA) is 81.7 Å². The summed E-state index contributed by atoms with van der Waals surface area (Å²) in [6.45, 7) is 4.28. The molecule has 0 aliphatic carbocycles. The summed E-state index contributed by atoms with van der Waals surface area (Å²) in [6.07, 6.45) is 2.99. The van der Waals surface area contributed by atoms with Crippen LogP contribution in [-0.4, -0.2) is 31.7 Å². The van der Waals surface area contributed by atoms with Crippen molar-refractivity contribution in [2.45, 2.75) is 26.4 Å². The van der Waals surface area contributed by atoms with Crippen molar-refractivity contribution in [2.24, 2.45) is 0 Å². The lowest BCUT2D eigenvalue weighted by molar-refractivity contribution is 0.418. The van der Waals surface area contributed by atoms with Crippen molar-refractivity contribution >= 4 is 11.3 Å². The summed E-state index contributed by atoms with van der Waals surface area (Å²) in [5, 5.41) is 19.4. The first-order valence-electron chi connectivity index (χ1n) is 6.80. The highest BCUT2D eigenvalue weighted by atomic mass is 32.1. The van der Waals surface area contributed by atoms with Gasteiger partial charge in [-0.3, -0.25) is 0 Å². The number of aromatic nitrogens is 5. The second kappa shape index (κ2) is 6.59. The molecule has 0 amide bonds. The van der Waals surface area contributed by atoms with Crippen LogP contribution in [0.15, 0.2) is 27.5 Å². The fourth-order valence-corrected chi connectivity index (χ4v) is 2.49. The maximum Gasteiger partial charge on any atom is 0.258 e. The van der Waals surface area contributed by atoms with Gasteiger partial charge < -0.3 is 9.84 Å². The molecule has 0 saturated heterocycles.